The molecule has 1 aliphatic carbocycles. The Kier molecular flexibility index (Phi) is 12.0. The van der Waals surface area contributed by atoms with Crippen molar-refractivity contribution in [2.75, 3.05) is 27.2 Å². The number of carbonyl (C=O) groups excluding carboxylic acids is 1. The summed E-state index contributed by atoms with van der Waals surface area (Å²) in [5.41, 5.74) is 1.20. The Morgan fingerprint density at radius 1 is 1.09 bits per heavy atom. The average Bonchev–Trinajstić information content (AvgIpc) is 2.95. The van der Waals surface area contributed by atoms with Crippen molar-refractivity contribution in [1.29, 1.82) is 0 Å². The zero-order valence-corrected chi connectivity index (χ0v) is 27.0. The van der Waals surface area contributed by atoms with Crippen LogP contribution in [0.1, 0.15) is 69.6 Å². The summed E-state index contributed by atoms with van der Waals surface area (Å²) in [6.45, 7) is 17.4. The molecule has 2 aromatic rings. The molecule has 5 nitrogen and oxygen atoms in total. The maximum atomic E-state index is 14.1. The Bertz CT molecular complexity index is 1360. The van der Waals surface area contributed by atoms with Crippen LogP contribution in [-0.4, -0.2) is 49.6 Å². The molecule has 2 aliphatic rings. The van der Waals surface area contributed by atoms with Gasteiger partial charge in [0, 0.05) is 41.9 Å². The van der Waals surface area contributed by atoms with E-state index in [0.717, 1.165) is 36.7 Å². The van der Waals surface area contributed by atoms with E-state index in [-0.39, 0.29) is 39.7 Å². The number of hydrogen-bond acceptors (Lipinski definition) is 4. The zero-order valence-electron chi connectivity index (χ0n) is 27.0. The van der Waals surface area contributed by atoms with Crippen LogP contribution < -0.4 is 10.6 Å². The van der Waals surface area contributed by atoms with Crippen LogP contribution in [0.2, 0.25) is 0 Å². The highest BCUT2D eigenvalue weighted by Gasteiger charge is 2.46. The van der Waals surface area contributed by atoms with Gasteiger partial charge in [0.2, 0.25) is 0 Å². The van der Waals surface area contributed by atoms with Gasteiger partial charge >= 0.3 is 0 Å². The minimum absolute atomic E-state index is 0.0694. The molecule has 2 N–H and O–H groups in total. The first-order valence-electron chi connectivity index (χ1n) is 15.3. The summed E-state index contributed by atoms with van der Waals surface area (Å²) in [4.78, 5) is 15.3. The van der Waals surface area contributed by atoms with Crippen LogP contribution in [0, 0.1) is 30.3 Å². The first-order valence-corrected chi connectivity index (χ1v) is 15.3. The lowest BCUT2D eigenvalue weighted by Gasteiger charge is -2.54. The highest BCUT2D eigenvalue weighted by molar-refractivity contribution is 5.97. The lowest BCUT2D eigenvalue weighted by Crippen LogP contribution is -2.72. The summed E-state index contributed by atoms with van der Waals surface area (Å²) >= 11 is 0. The predicted molar refractivity (Wildman–Crippen MR) is 172 cm³/mol. The van der Waals surface area contributed by atoms with Crippen molar-refractivity contribution in [3.05, 3.63) is 101 Å². The molecule has 1 saturated heterocycles. The van der Waals surface area contributed by atoms with Gasteiger partial charge < -0.3 is 15.4 Å². The summed E-state index contributed by atoms with van der Waals surface area (Å²) in [5.74, 6) is -1.01. The molecule has 240 valence electrons. The second kappa shape index (κ2) is 15.1. The van der Waals surface area contributed by atoms with Crippen molar-refractivity contribution < 1.29 is 22.7 Å². The molecule has 1 heterocycles. The monoisotopic (exact) mass is 611 g/mol. The second-order valence-electron chi connectivity index (χ2n) is 12.8. The molecule has 2 aromatic carbocycles. The lowest BCUT2D eigenvalue weighted by atomic mass is 9.80. The molecule has 1 aliphatic heterocycles. The molecule has 0 unspecified atom stereocenters. The van der Waals surface area contributed by atoms with Gasteiger partial charge in [-0.15, -0.1) is 6.58 Å². The predicted octanol–water partition coefficient (Wildman–Crippen LogP) is 7.42. The first-order chi connectivity index (χ1) is 20.7. The van der Waals surface area contributed by atoms with E-state index in [9.17, 15) is 18.0 Å². The van der Waals surface area contributed by atoms with Crippen LogP contribution >= 0.6 is 0 Å². The third kappa shape index (κ3) is 8.85. The van der Waals surface area contributed by atoms with E-state index in [1.54, 1.807) is 6.07 Å². The summed E-state index contributed by atoms with van der Waals surface area (Å²) in [5, 5.41) is 6.19. The fourth-order valence-corrected chi connectivity index (χ4v) is 5.88. The molecule has 2 fully saturated rings. The Balaban J connectivity index is 0.000000340. The number of hydrogen-bond donors (Lipinski definition) is 2. The number of amides is 1. The van der Waals surface area contributed by atoms with Crippen LogP contribution in [-0.2, 0) is 15.1 Å². The van der Waals surface area contributed by atoms with Crippen molar-refractivity contribution in [3.8, 4) is 0 Å². The number of rotatable bonds is 10. The summed E-state index contributed by atoms with van der Waals surface area (Å²) < 4.78 is 46.0. The summed E-state index contributed by atoms with van der Waals surface area (Å²) in [7, 11) is 3.20. The zero-order chi connectivity index (χ0) is 32.7. The summed E-state index contributed by atoms with van der Waals surface area (Å²) in [6, 6.07) is 9.10. The van der Waals surface area contributed by atoms with E-state index in [1.807, 2.05) is 46.0 Å². The highest BCUT2D eigenvalue weighted by atomic mass is 19.1. The fourth-order valence-electron chi connectivity index (χ4n) is 5.88. The first kappa shape index (κ1) is 35.1. The highest BCUT2D eigenvalue weighted by Crippen LogP contribution is 2.35. The number of benzene rings is 2. The minimum atomic E-state index is -0.763. The molecule has 1 saturated carbocycles. The molecule has 4 rings (SSSR count). The van der Waals surface area contributed by atoms with Crippen LogP contribution in [0.25, 0.3) is 5.76 Å². The quantitative estimate of drug-likeness (QED) is 0.127. The third-order valence-corrected chi connectivity index (χ3v) is 8.86. The number of nitrogens with one attached hydrogen (secondary N) is 2. The van der Waals surface area contributed by atoms with Crippen molar-refractivity contribution in [3.63, 3.8) is 0 Å². The van der Waals surface area contributed by atoms with E-state index >= 15 is 0 Å². The molecule has 1 amide bonds. The Labute approximate surface area is 261 Å². The third-order valence-electron chi connectivity index (χ3n) is 8.86. The average molecular weight is 612 g/mol. The normalized spacial score (nSPS) is 20.1. The maximum Gasteiger partial charge on any atom is 0.251 e. The van der Waals surface area contributed by atoms with Gasteiger partial charge in [-0.3, -0.25) is 9.69 Å². The smallest absolute Gasteiger partial charge is 0.251 e. The largest absolute Gasteiger partial charge is 0.496 e. The molecular weight excluding hydrogens is 563 g/mol. The van der Waals surface area contributed by atoms with E-state index < -0.39 is 11.6 Å². The van der Waals surface area contributed by atoms with Crippen LogP contribution in [0.4, 0.5) is 13.2 Å². The number of carbonyl (C=O) groups is 1. The number of ether oxygens (including phenoxy) is 1. The lowest BCUT2D eigenvalue weighted by molar-refractivity contribution is -0.122. The van der Waals surface area contributed by atoms with E-state index in [1.165, 1.54) is 44.9 Å². The second-order valence-corrected chi connectivity index (χ2v) is 12.8. The molecule has 0 spiro atoms. The maximum absolute atomic E-state index is 14.1. The number of methoxy groups -OCH3 is 1. The van der Waals surface area contributed by atoms with Gasteiger partial charge in [-0.25, -0.2) is 13.2 Å². The van der Waals surface area contributed by atoms with Crippen molar-refractivity contribution in [2.24, 2.45) is 5.92 Å². The number of halogens is 3. The Morgan fingerprint density at radius 2 is 1.75 bits per heavy atom. The Morgan fingerprint density at radius 3 is 2.30 bits per heavy atom. The van der Waals surface area contributed by atoms with E-state index in [2.05, 4.69) is 35.6 Å². The minimum Gasteiger partial charge on any atom is -0.496 e. The van der Waals surface area contributed by atoms with Gasteiger partial charge in [0.1, 0.15) is 23.2 Å². The fraction of sp³-hybridized carbons (Fsp3) is 0.472. The molecule has 0 aromatic heterocycles. The topological polar surface area (TPSA) is 53.6 Å². The number of likely N-dealkylation sites (tertiary alicyclic amines) is 1. The van der Waals surface area contributed by atoms with Crippen molar-refractivity contribution in [1.82, 2.24) is 15.5 Å². The SMILES string of the molecule is C=CCC1(NC(=O)C(=C)/C=C(\OC)c2ccc(F)cc2F)CN(C2CCC(C)CC2)C1.CNC(C)(C)c1ccc(C)cc1F. The molecule has 44 heavy (non-hydrogen) atoms. The molecule has 0 radical (unpaired) electrons. The van der Waals surface area contributed by atoms with Gasteiger partial charge in [-0.1, -0.05) is 31.7 Å². The number of nitrogens with zero attached hydrogens (tertiary/aromatic N) is 1. The van der Waals surface area contributed by atoms with E-state index in [4.69, 9.17) is 4.74 Å². The van der Waals surface area contributed by atoms with Gasteiger partial charge in [0.15, 0.2) is 0 Å². The standard InChI is InChI=1S/C25H32F2N2O2.C11H16FN/c1-5-12-25(15-29(16-25)20-9-6-17(2)7-10-20)28-24(30)18(3)13-23(31-4)21-11-8-19(26)14-22(21)27;1-8-5-6-9(10(12)7-8)11(2,3)13-4/h5,8,11,13-14,17,20H,1,3,6-7,9-10,12,15-16H2,2,4H3,(H,28,30);5-7,13H,1-4H3/b23-13-;. The van der Waals surface area contributed by atoms with Crippen molar-refractivity contribution in [2.45, 2.75) is 76.9 Å². The molecule has 8 heteroatoms. The van der Waals surface area contributed by atoms with Crippen LogP contribution in [0.15, 0.2) is 67.3 Å². The van der Waals surface area contributed by atoms with Crippen LogP contribution in [0.5, 0.6) is 0 Å². The van der Waals surface area contributed by atoms with E-state index in [0.29, 0.717) is 18.0 Å². The Hall–Kier alpha value is -3.36. The summed E-state index contributed by atoms with van der Waals surface area (Å²) in [6.07, 6.45) is 8.79. The van der Waals surface area contributed by atoms with Gasteiger partial charge in [0.05, 0.1) is 18.2 Å². The van der Waals surface area contributed by atoms with Crippen LogP contribution in [0.3, 0.4) is 0 Å². The molecule has 0 atom stereocenters. The van der Waals surface area contributed by atoms with Crippen molar-refractivity contribution >= 4 is 11.7 Å². The van der Waals surface area contributed by atoms with Gasteiger partial charge in [0.25, 0.3) is 5.91 Å². The number of aryl methyl sites for hydroxylation is 1. The molecule has 0 bridgehead atoms. The van der Waals surface area contributed by atoms with Gasteiger partial charge in [-0.2, -0.15) is 0 Å². The molecular formula is C36H48F3N3O2. The van der Waals surface area contributed by atoms with Gasteiger partial charge in [-0.05, 0) is 95.7 Å².